The Balaban J connectivity index is 2.15. The van der Waals surface area contributed by atoms with Gasteiger partial charge in [-0.3, -0.25) is 4.99 Å². The number of nitrogens with zero attached hydrogens (tertiary/aromatic N) is 1. The molecule has 1 heterocycles. The maximum atomic E-state index is 14.8. The van der Waals surface area contributed by atoms with E-state index in [-0.39, 0.29) is 11.7 Å². The highest BCUT2D eigenvalue weighted by Gasteiger charge is 2.30. The zero-order valence-corrected chi connectivity index (χ0v) is 16.6. The number of aromatic amines is 1. The zero-order valence-electron chi connectivity index (χ0n) is 16.6. The van der Waals surface area contributed by atoms with Crippen molar-refractivity contribution in [2.45, 2.75) is 59.4 Å². The molecule has 0 saturated heterocycles. The predicted molar refractivity (Wildman–Crippen MR) is 106 cm³/mol. The van der Waals surface area contributed by atoms with Gasteiger partial charge in [-0.05, 0) is 57.9 Å². The van der Waals surface area contributed by atoms with Gasteiger partial charge in [-0.1, -0.05) is 19.4 Å². The van der Waals surface area contributed by atoms with Gasteiger partial charge in [-0.2, -0.15) is 0 Å². The molecule has 0 radical (unpaired) electrons. The molecule has 0 aliphatic heterocycles. The summed E-state index contributed by atoms with van der Waals surface area (Å²) in [6.07, 6.45) is 3.78. The Morgan fingerprint density at radius 3 is 2.68 bits per heavy atom. The van der Waals surface area contributed by atoms with Crippen molar-refractivity contribution >= 4 is 11.5 Å². The quantitative estimate of drug-likeness (QED) is 0.658. The Morgan fingerprint density at radius 1 is 1.44 bits per heavy atom. The van der Waals surface area contributed by atoms with Crippen LogP contribution in [0.5, 0.6) is 0 Å². The van der Waals surface area contributed by atoms with Crippen molar-refractivity contribution in [1.82, 2.24) is 10.3 Å². The molecule has 0 spiro atoms. The molecule has 1 aliphatic rings. The molecule has 138 valence electrons. The lowest BCUT2D eigenvalue weighted by Gasteiger charge is -2.18. The molecule has 0 aromatic carbocycles. The lowest BCUT2D eigenvalue weighted by atomic mass is 9.92. The van der Waals surface area contributed by atoms with Crippen LogP contribution in [0.2, 0.25) is 0 Å². The second kappa shape index (κ2) is 8.13. The summed E-state index contributed by atoms with van der Waals surface area (Å²) in [5.74, 6) is 0.473. The predicted octanol–water partition coefficient (Wildman–Crippen LogP) is 5.16. The lowest BCUT2D eigenvalue weighted by Crippen LogP contribution is -2.24. The lowest BCUT2D eigenvalue weighted by molar-refractivity contribution is 0.484. The molecule has 0 saturated carbocycles. The molecule has 0 bridgehead atoms. The maximum Gasteiger partial charge on any atom is 0.132 e. The Hall–Kier alpha value is -1.68. The van der Waals surface area contributed by atoms with Gasteiger partial charge in [0.1, 0.15) is 5.83 Å². The van der Waals surface area contributed by atoms with E-state index in [4.69, 9.17) is 0 Å². The normalized spacial score (nSPS) is 20.9. The van der Waals surface area contributed by atoms with Crippen molar-refractivity contribution in [3.63, 3.8) is 0 Å². The summed E-state index contributed by atoms with van der Waals surface area (Å²) in [6.45, 7) is 10.6. The second-order valence-electron chi connectivity index (χ2n) is 7.45. The van der Waals surface area contributed by atoms with E-state index in [1.165, 1.54) is 5.57 Å². The van der Waals surface area contributed by atoms with Gasteiger partial charge in [0.05, 0.1) is 0 Å². The number of allylic oxidation sites excluding steroid dienone is 3. The van der Waals surface area contributed by atoms with Gasteiger partial charge in [-0.25, -0.2) is 4.39 Å². The third-order valence-electron chi connectivity index (χ3n) is 5.49. The largest absolute Gasteiger partial charge is 0.361 e. The fraction of sp³-hybridized carbons (Fsp3) is 0.571. The number of hydrogen-bond donors (Lipinski definition) is 2. The van der Waals surface area contributed by atoms with Crippen molar-refractivity contribution in [2.24, 2.45) is 10.9 Å². The van der Waals surface area contributed by atoms with Gasteiger partial charge in [-0.15, -0.1) is 0 Å². The smallest absolute Gasteiger partial charge is 0.132 e. The molecule has 0 amide bonds. The van der Waals surface area contributed by atoms with Crippen molar-refractivity contribution in [3.8, 4) is 0 Å². The summed E-state index contributed by atoms with van der Waals surface area (Å²) in [5.41, 5.74) is 5.81. The van der Waals surface area contributed by atoms with Crippen LogP contribution in [0.4, 0.5) is 4.39 Å². The van der Waals surface area contributed by atoms with Crippen LogP contribution < -0.4 is 5.32 Å². The summed E-state index contributed by atoms with van der Waals surface area (Å²) in [4.78, 5) is 7.72. The van der Waals surface area contributed by atoms with Gasteiger partial charge < -0.3 is 10.3 Å². The molecule has 2 rings (SSSR count). The number of rotatable bonds is 7. The molecule has 25 heavy (non-hydrogen) atoms. The van der Waals surface area contributed by atoms with E-state index in [9.17, 15) is 4.39 Å². The maximum absolute atomic E-state index is 14.8. The monoisotopic (exact) mass is 345 g/mol. The van der Waals surface area contributed by atoms with Crippen molar-refractivity contribution in [3.05, 3.63) is 40.2 Å². The van der Waals surface area contributed by atoms with Gasteiger partial charge in [0.15, 0.2) is 0 Å². The van der Waals surface area contributed by atoms with Crippen LogP contribution in [-0.4, -0.2) is 30.8 Å². The van der Waals surface area contributed by atoms with E-state index in [1.54, 1.807) is 7.05 Å². The Bertz CT molecular complexity index is 709. The summed E-state index contributed by atoms with van der Waals surface area (Å²) in [7, 11) is 3.78. The number of hydrogen-bond acceptors (Lipinski definition) is 2. The minimum Gasteiger partial charge on any atom is -0.361 e. The van der Waals surface area contributed by atoms with E-state index in [1.807, 2.05) is 20.0 Å². The van der Waals surface area contributed by atoms with E-state index >= 15 is 0 Å². The first-order valence-electron chi connectivity index (χ1n) is 9.17. The highest BCUT2D eigenvalue weighted by Crippen LogP contribution is 2.44. The SMILES string of the molecule is CN=C(/C=C(\C)C(C)C[C@@H](C)NC)CC1=C(F)c2cc(C)[nH]c2C1C. The molecule has 1 aromatic heterocycles. The summed E-state index contributed by atoms with van der Waals surface area (Å²) in [5, 5.41) is 3.28. The van der Waals surface area contributed by atoms with E-state index in [0.717, 1.165) is 34.7 Å². The topological polar surface area (TPSA) is 40.2 Å². The molecule has 3 nitrogen and oxygen atoms in total. The number of halogens is 1. The van der Waals surface area contributed by atoms with E-state index in [0.29, 0.717) is 18.4 Å². The first-order valence-corrected chi connectivity index (χ1v) is 9.17. The number of fused-ring (bicyclic) bond motifs is 1. The van der Waals surface area contributed by atoms with Gasteiger partial charge >= 0.3 is 0 Å². The first-order chi connectivity index (χ1) is 11.8. The van der Waals surface area contributed by atoms with Crippen LogP contribution in [0.1, 0.15) is 63.4 Å². The molecule has 4 heteroatoms. The third kappa shape index (κ3) is 4.30. The summed E-state index contributed by atoms with van der Waals surface area (Å²) >= 11 is 0. The molecule has 2 unspecified atom stereocenters. The second-order valence-corrected chi connectivity index (χ2v) is 7.45. The van der Waals surface area contributed by atoms with Crippen molar-refractivity contribution < 1.29 is 4.39 Å². The number of H-pyrrole nitrogens is 1. The van der Waals surface area contributed by atoms with Crippen LogP contribution >= 0.6 is 0 Å². The molecular weight excluding hydrogens is 313 g/mol. The molecule has 1 aromatic rings. The Labute approximate surface area is 151 Å². The summed E-state index contributed by atoms with van der Waals surface area (Å²) in [6, 6.07) is 2.38. The molecule has 0 fully saturated rings. The van der Waals surface area contributed by atoms with Crippen LogP contribution in [0.25, 0.3) is 5.83 Å². The summed E-state index contributed by atoms with van der Waals surface area (Å²) < 4.78 is 14.8. The minimum atomic E-state index is -0.0732. The van der Waals surface area contributed by atoms with Crippen molar-refractivity contribution in [1.29, 1.82) is 0 Å². The average Bonchev–Trinajstić information content (AvgIpc) is 3.06. The third-order valence-corrected chi connectivity index (χ3v) is 5.49. The van der Waals surface area contributed by atoms with Crippen LogP contribution in [-0.2, 0) is 0 Å². The number of nitrogens with one attached hydrogen (secondary N) is 2. The van der Waals surface area contributed by atoms with E-state index < -0.39 is 0 Å². The molecule has 2 N–H and O–H groups in total. The van der Waals surface area contributed by atoms with Gasteiger partial charge in [0.2, 0.25) is 0 Å². The molecule has 1 aliphatic carbocycles. The number of aryl methyl sites for hydroxylation is 1. The highest BCUT2D eigenvalue weighted by molar-refractivity contribution is 5.98. The van der Waals surface area contributed by atoms with Crippen LogP contribution in [0.15, 0.2) is 28.3 Å². The van der Waals surface area contributed by atoms with E-state index in [2.05, 4.69) is 49.1 Å². The molecular formula is C21H32FN3. The fourth-order valence-electron chi connectivity index (χ4n) is 3.53. The standard InChI is InChI=1S/C21H32FN3/c1-12(8-14(3)23-6)13(2)9-17(24-7)11-18-16(5)21-19(20(18)22)10-15(4)25-21/h9-10,12,14,16,23,25H,8,11H2,1-7H3/b13-9+,24-17?/t12?,14-,16?/m1/s1. The van der Waals surface area contributed by atoms with Crippen LogP contribution in [0, 0.1) is 12.8 Å². The fourth-order valence-corrected chi connectivity index (χ4v) is 3.53. The zero-order chi connectivity index (χ0) is 18.7. The first kappa shape index (κ1) is 19.6. The number of aromatic nitrogens is 1. The molecule has 3 atom stereocenters. The van der Waals surface area contributed by atoms with Gasteiger partial charge in [0.25, 0.3) is 0 Å². The number of aliphatic imine (C=N–C) groups is 1. The minimum absolute atomic E-state index is 0.0732. The highest BCUT2D eigenvalue weighted by atomic mass is 19.1. The van der Waals surface area contributed by atoms with Gasteiger partial charge in [0, 0.05) is 48.1 Å². The Morgan fingerprint density at radius 2 is 2.12 bits per heavy atom. The van der Waals surface area contributed by atoms with Crippen molar-refractivity contribution in [2.75, 3.05) is 14.1 Å². The average molecular weight is 346 g/mol. The Kier molecular flexibility index (Phi) is 6.39. The van der Waals surface area contributed by atoms with Crippen LogP contribution in [0.3, 0.4) is 0 Å².